The fourth-order valence-corrected chi connectivity index (χ4v) is 0.790. The van der Waals surface area contributed by atoms with Gasteiger partial charge in [0, 0.05) is 6.07 Å². The molecule has 1 aromatic rings. The van der Waals surface area contributed by atoms with Crippen molar-refractivity contribution in [1.82, 2.24) is 5.16 Å². The highest BCUT2D eigenvalue weighted by Crippen LogP contribution is 2.15. The Labute approximate surface area is 64.4 Å². The van der Waals surface area contributed by atoms with Crippen molar-refractivity contribution in [2.24, 2.45) is 11.7 Å². The molecule has 0 aliphatic rings. The van der Waals surface area contributed by atoms with Gasteiger partial charge in [-0.05, 0) is 5.92 Å². The van der Waals surface area contributed by atoms with Crippen molar-refractivity contribution in [3.63, 3.8) is 0 Å². The van der Waals surface area contributed by atoms with E-state index in [0.29, 0.717) is 5.76 Å². The van der Waals surface area contributed by atoms with Crippen LogP contribution >= 0.6 is 0 Å². The monoisotopic (exact) mass is 156 g/mol. The SMILES string of the molecule is CC(C)[C@H](N)c1cc(=O)[nH]o1. The first kappa shape index (κ1) is 8.07. The fourth-order valence-electron chi connectivity index (χ4n) is 0.790. The molecule has 1 heterocycles. The van der Waals surface area contributed by atoms with Crippen molar-refractivity contribution in [3.05, 3.63) is 22.2 Å². The Kier molecular flexibility index (Phi) is 2.14. The summed E-state index contributed by atoms with van der Waals surface area (Å²) in [6.45, 7) is 3.94. The van der Waals surface area contributed by atoms with E-state index in [4.69, 9.17) is 10.3 Å². The van der Waals surface area contributed by atoms with Gasteiger partial charge in [0.25, 0.3) is 5.56 Å². The largest absolute Gasteiger partial charge is 0.382 e. The maximum absolute atomic E-state index is 10.6. The maximum atomic E-state index is 10.6. The van der Waals surface area contributed by atoms with E-state index in [0.717, 1.165) is 0 Å². The first-order valence-corrected chi connectivity index (χ1v) is 3.55. The topological polar surface area (TPSA) is 72.0 Å². The summed E-state index contributed by atoms with van der Waals surface area (Å²) >= 11 is 0. The Morgan fingerprint density at radius 1 is 1.64 bits per heavy atom. The molecular weight excluding hydrogens is 144 g/mol. The second-order valence-corrected chi connectivity index (χ2v) is 2.88. The van der Waals surface area contributed by atoms with E-state index in [9.17, 15) is 4.79 Å². The highest BCUT2D eigenvalue weighted by atomic mass is 16.5. The average molecular weight is 156 g/mol. The second-order valence-electron chi connectivity index (χ2n) is 2.88. The number of aromatic nitrogens is 1. The molecule has 0 spiro atoms. The van der Waals surface area contributed by atoms with Crippen LogP contribution in [0.15, 0.2) is 15.4 Å². The minimum atomic E-state index is -0.240. The Bertz CT molecular complexity index is 274. The van der Waals surface area contributed by atoms with Gasteiger partial charge in [-0.25, -0.2) is 0 Å². The summed E-state index contributed by atoms with van der Waals surface area (Å²) < 4.78 is 4.82. The molecule has 1 aromatic heterocycles. The summed E-state index contributed by atoms with van der Waals surface area (Å²) in [5.74, 6) is 0.791. The quantitative estimate of drug-likeness (QED) is 0.659. The fraction of sp³-hybridized carbons (Fsp3) is 0.571. The van der Waals surface area contributed by atoms with E-state index in [1.54, 1.807) is 0 Å². The molecule has 0 fully saturated rings. The molecule has 0 saturated carbocycles. The van der Waals surface area contributed by atoms with Gasteiger partial charge in [-0.2, -0.15) is 5.16 Å². The van der Waals surface area contributed by atoms with Crippen LogP contribution in [0.25, 0.3) is 0 Å². The molecule has 62 valence electrons. The van der Waals surface area contributed by atoms with Crippen molar-refractivity contribution >= 4 is 0 Å². The van der Waals surface area contributed by atoms with Crippen LogP contribution in [0.1, 0.15) is 25.6 Å². The van der Waals surface area contributed by atoms with Gasteiger partial charge in [-0.15, -0.1) is 0 Å². The third-order valence-electron chi connectivity index (χ3n) is 1.59. The van der Waals surface area contributed by atoms with Crippen molar-refractivity contribution in [1.29, 1.82) is 0 Å². The van der Waals surface area contributed by atoms with E-state index in [-0.39, 0.29) is 17.5 Å². The highest BCUT2D eigenvalue weighted by Gasteiger charge is 2.14. The molecule has 11 heavy (non-hydrogen) atoms. The van der Waals surface area contributed by atoms with Gasteiger partial charge in [-0.3, -0.25) is 4.79 Å². The van der Waals surface area contributed by atoms with Crippen LogP contribution in [0, 0.1) is 5.92 Å². The lowest BCUT2D eigenvalue weighted by atomic mass is 10.0. The summed E-state index contributed by atoms with van der Waals surface area (Å²) in [5, 5.41) is 2.19. The number of rotatable bonds is 2. The predicted molar refractivity (Wildman–Crippen MR) is 41.1 cm³/mol. The van der Waals surface area contributed by atoms with Gasteiger partial charge in [0.1, 0.15) is 0 Å². The maximum Gasteiger partial charge on any atom is 0.280 e. The van der Waals surface area contributed by atoms with Gasteiger partial charge < -0.3 is 10.3 Å². The number of hydrogen-bond donors (Lipinski definition) is 2. The summed E-state index contributed by atoms with van der Waals surface area (Å²) in [5.41, 5.74) is 5.46. The first-order valence-electron chi connectivity index (χ1n) is 3.55. The molecule has 0 amide bonds. The molecule has 0 aromatic carbocycles. The number of hydrogen-bond acceptors (Lipinski definition) is 3. The zero-order chi connectivity index (χ0) is 8.43. The van der Waals surface area contributed by atoms with E-state index >= 15 is 0 Å². The number of nitrogens with one attached hydrogen (secondary N) is 1. The Hall–Kier alpha value is -1.03. The Morgan fingerprint density at radius 3 is 2.64 bits per heavy atom. The lowest BCUT2D eigenvalue weighted by molar-refractivity contribution is 0.329. The standard InChI is InChI=1S/C7H12N2O2/c1-4(2)7(8)5-3-6(10)9-11-5/h3-4,7H,8H2,1-2H3,(H,9,10)/t7-/m0/s1. The lowest BCUT2D eigenvalue weighted by Gasteiger charge is -2.10. The van der Waals surface area contributed by atoms with Gasteiger partial charge in [-0.1, -0.05) is 13.8 Å². The molecule has 0 aliphatic heterocycles. The molecule has 0 saturated heterocycles. The molecule has 1 atom stereocenters. The summed E-state index contributed by atoms with van der Waals surface area (Å²) in [6.07, 6.45) is 0. The van der Waals surface area contributed by atoms with Crippen molar-refractivity contribution < 1.29 is 4.52 Å². The molecule has 4 heteroatoms. The number of nitrogens with two attached hydrogens (primary N) is 1. The first-order chi connectivity index (χ1) is 5.11. The summed E-state index contributed by atoms with van der Waals surface area (Å²) in [4.78, 5) is 10.6. The van der Waals surface area contributed by atoms with Gasteiger partial charge in [0.15, 0.2) is 5.76 Å². The zero-order valence-electron chi connectivity index (χ0n) is 6.63. The van der Waals surface area contributed by atoms with Gasteiger partial charge in [0.05, 0.1) is 6.04 Å². The van der Waals surface area contributed by atoms with Crippen LogP contribution in [0.2, 0.25) is 0 Å². The number of H-pyrrole nitrogens is 1. The van der Waals surface area contributed by atoms with Crippen molar-refractivity contribution in [2.75, 3.05) is 0 Å². The summed E-state index contributed by atoms with van der Waals surface area (Å²) in [7, 11) is 0. The molecule has 4 nitrogen and oxygen atoms in total. The van der Waals surface area contributed by atoms with Crippen LogP contribution < -0.4 is 11.3 Å². The molecular formula is C7H12N2O2. The zero-order valence-corrected chi connectivity index (χ0v) is 6.63. The van der Waals surface area contributed by atoms with E-state index in [1.807, 2.05) is 13.8 Å². The lowest BCUT2D eigenvalue weighted by Crippen LogP contribution is -2.16. The molecule has 0 bridgehead atoms. The molecule has 1 rings (SSSR count). The van der Waals surface area contributed by atoms with E-state index < -0.39 is 0 Å². The Morgan fingerprint density at radius 2 is 2.27 bits per heavy atom. The second kappa shape index (κ2) is 2.92. The van der Waals surface area contributed by atoms with E-state index in [2.05, 4.69) is 5.16 Å². The molecule has 3 N–H and O–H groups in total. The average Bonchev–Trinajstić information content (AvgIpc) is 2.34. The van der Waals surface area contributed by atoms with Crippen LogP contribution in [-0.4, -0.2) is 5.16 Å². The van der Waals surface area contributed by atoms with Crippen molar-refractivity contribution in [3.8, 4) is 0 Å². The molecule has 0 radical (unpaired) electrons. The van der Waals surface area contributed by atoms with Crippen LogP contribution in [0.4, 0.5) is 0 Å². The third kappa shape index (κ3) is 1.71. The Balaban J connectivity index is 2.84. The number of aromatic amines is 1. The van der Waals surface area contributed by atoms with E-state index in [1.165, 1.54) is 6.07 Å². The van der Waals surface area contributed by atoms with Crippen LogP contribution in [0.3, 0.4) is 0 Å². The van der Waals surface area contributed by atoms with Crippen LogP contribution in [0.5, 0.6) is 0 Å². The molecule has 0 unspecified atom stereocenters. The smallest absolute Gasteiger partial charge is 0.280 e. The van der Waals surface area contributed by atoms with Crippen molar-refractivity contribution in [2.45, 2.75) is 19.9 Å². The van der Waals surface area contributed by atoms with Gasteiger partial charge >= 0.3 is 0 Å². The minimum Gasteiger partial charge on any atom is -0.382 e. The normalized spacial score (nSPS) is 13.8. The summed E-state index contributed by atoms with van der Waals surface area (Å²) in [6, 6.07) is 1.18. The van der Waals surface area contributed by atoms with Gasteiger partial charge in [0.2, 0.25) is 0 Å². The minimum absolute atomic E-state index is 0.200. The third-order valence-corrected chi connectivity index (χ3v) is 1.59. The molecule has 0 aliphatic carbocycles. The highest BCUT2D eigenvalue weighted by molar-refractivity contribution is 5.00. The predicted octanol–water partition coefficient (Wildman–Crippen LogP) is 0.624. The van der Waals surface area contributed by atoms with Crippen LogP contribution in [-0.2, 0) is 0 Å².